The van der Waals surface area contributed by atoms with Crippen molar-refractivity contribution in [2.24, 2.45) is 5.92 Å². The molecule has 0 saturated heterocycles. The summed E-state index contributed by atoms with van der Waals surface area (Å²) in [5.41, 5.74) is 0.501. The first-order valence-electron chi connectivity index (χ1n) is 10.7. The minimum atomic E-state index is -0.643. The topological polar surface area (TPSA) is 89.6 Å². The maximum absolute atomic E-state index is 14.9. The summed E-state index contributed by atoms with van der Waals surface area (Å²) >= 11 is 6.33. The van der Waals surface area contributed by atoms with Gasteiger partial charge in [0.1, 0.15) is 18.0 Å². The van der Waals surface area contributed by atoms with Gasteiger partial charge in [0.25, 0.3) is 0 Å². The summed E-state index contributed by atoms with van der Waals surface area (Å²) < 4.78 is 25.9. The Balaban J connectivity index is 2.16. The number of pyridine rings is 1. The number of alkyl carbamates (subject to hydrolysis) is 1. The van der Waals surface area contributed by atoms with Crippen LogP contribution in [0, 0.1) is 11.7 Å². The highest BCUT2D eigenvalue weighted by atomic mass is 35.5. The summed E-state index contributed by atoms with van der Waals surface area (Å²) in [5, 5.41) is 5.45. The summed E-state index contributed by atoms with van der Waals surface area (Å²) in [6, 6.07) is 5.78. The molecule has 1 aromatic carbocycles. The van der Waals surface area contributed by atoms with Gasteiger partial charge in [-0.15, -0.1) is 0 Å². The van der Waals surface area contributed by atoms with Gasteiger partial charge in [-0.3, -0.25) is 4.79 Å². The number of hydrogen-bond acceptors (Lipinski definition) is 5. The summed E-state index contributed by atoms with van der Waals surface area (Å²) in [6.07, 6.45) is 1.56. The Morgan fingerprint density at radius 3 is 2.45 bits per heavy atom. The molecule has 9 heteroatoms. The fraction of sp³-hybridized carbons (Fsp3) is 0.458. The van der Waals surface area contributed by atoms with Crippen LogP contribution in [0.25, 0.3) is 11.1 Å². The van der Waals surface area contributed by atoms with Gasteiger partial charge >= 0.3 is 6.09 Å². The van der Waals surface area contributed by atoms with Gasteiger partial charge in [0.15, 0.2) is 11.6 Å². The zero-order valence-corrected chi connectivity index (χ0v) is 20.5. The summed E-state index contributed by atoms with van der Waals surface area (Å²) in [4.78, 5) is 27.5. The number of aromatic nitrogens is 1. The van der Waals surface area contributed by atoms with E-state index < -0.39 is 23.6 Å². The van der Waals surface area contributed by atoms with Crippen molar-refractivity contribution in [1.82, 2.24) is 10.3 Å². The van der Waals surface area contributed by atoms with E-state index in [-0.39, 0.29) is 29.2 Å². The van der Waals surface area contributed by atoms with E-state index in [0.29, 0.717) is 23.4 Å². The predicted octanol–water partition coefficient (Wildman–Crippen LogP) is 5.82. The minimum absolute atomic E-state index is 0.0232. The van der Waals surface area contributed by atoms with Crippen LogP contribution >= 0.6 is 11.6 Å². The maximum Gasteiger partial charge on any atom is 0.407 e. The Morgan fingerprint density at radius 2 is 1.88 bits per heavy atom. The third-order valence-corrected chi connectivity index (χ3v) is 4.58. The number of ether oxygens (including phenoxy) is 2. The van der Waals surface area contributed by atoms with Gasteiger partial charge in [-0.05, 0) is 68.5 Å². The quantitative estimate of drug-likeness (QED) is 0.498. The van der Waals surface area contributed by atoms with E-state index in [1.165, 1.54) is 19.2 Å². The van der Waals surface area contributed by atoms with Crippen molar-refractivity contribution < 1.29 is 23.5 Å². The molecule has 0 aliphatic heterocycles. The standard InChI is InChI=1S/C24H31ClFN3O4/c1-14(2)9-18(29-23(31)33-24(4,5)6)13-32-22-19(25)10-17(11-20(22)26)16-7-8-27-21(12-16)28-15(3)30/h7-8,10-12,14,18H,9,13H2,1-6H3,(H,29,31)(H,27,28,30). The molecular weight excluding hydrogens is 449 g/mol. The molecule has 2 rings (SSSR count). The average molecular weight is 480 g/mol. The monoisotopic (exact) mass is 479 g/mol. The average Bonchev–Trinajstić information content (AvgIpc) is 2.64. The second kappa shape index (κ2) is 11.3. The molecule has 1 aromatic heterocycles. The van der Waals surface area contributed by atoms with E-state index in [0.717, 1.165) is 0 Å². The van der Waals surface area contributed by atoms with Crippen LogP contribution in [0.5, 0.6) is 5.75 Å². The molecule has 0 saturated carbocycles. The molecule has 0 aliphatic carbocycles. The van der Waals surface area contributed by atoms with Gasteiger partial charge in [-0.1, -0.05) is 25.4 Å². The number of nitrogens with one attached hydrogen (secondary N) is 2. The van der Waals surface area contributed by atoms with Gasteiger partial charge < -0.3 is 20.1 Å². The molecule has 180 valence electrons. The first-order chi connectivity index (χ1) is 15.3. The second-order valence-electron chi connectivity index (χ2n) is 9.16. The number of carbonyl (C=O) groups is 2. The van der Waals surface area contributed by atoms with Crippen LogP contribution in [-0.4, -0.2) is 35.2 Å². The number of rotatable bonds is 8. The Labute approximate surface area is 199 Å². The van der Waals surface area contributed by atoms with Crippen LogP contribution in [0.4, 0.5) is 15.0 Å². The Hall–Kier alpha value is -2.87. The molecule has 0 spiro atoms. The molecule has 0 bridgehead atoms. The molecule has 2 amide bonds. The van der Waals surface area contributed by atoms with E-state index in [1.54, 1.807) is 39.0 Å². The van der Waals surface area contributed by atoms with Crippen molar-refractivity contribution in [3.63, 3.8) is 0 Å². The number of nitrogens with zero attached hydrogens (tertiary/aromatic N) is 1. The molecule has 1 heterocycles. The number of amides is 2. The second-order valence-corrected chi connectivity index (χ2v) is 9.57. The largest absolute Gasteiger partial charge is 0.487 e. The lowest BCUT2D eigenvalue weighted by Gasteiger charge is -2.25. The van der Waals surface area contributed by atoms with Crippen molar-refractivity contribution in [1.29, 1.82) is 0 Å². The first-order valence-corrected chi connectivity index (χ1v) is 11.1. The molecule has 7 nitrogen and oxygen atoms in total. The van der Waals surface area contributed by atoms with Gasteiger partial charge in [0, 0.05) is 13.1 Å². The molecule has 2 N–H and O–H groups in total. The first kappa shape index (κ1) is 26.4. The summed E-state index contributed by atoms with van der Waals surface area (Å²) in [6.45, 7) is 10.8. The lowest BCUT2D eigenvalue weighted by molar-refractivity contribution is -0.114. The molecule has 0 radical (unpaired) electrons. The fourth-order valence-corrected chi connectivity index (χ4v) is 3.38. The molecule has 1 atom stereocenters. The van der Waals surface area contributed by atoms with Crippen molar-refractivity contribution in [3.05, 3.63) is 41.3 Å². The molecule has 0 aliphatic rings. The number of carbonyl (C=O) groups excluding carboxylic acids is 2. The van der Waals surface area contributed by atoms with Crippen LogP contribution < -0.4 is 15.4 Å². The highest BCUT2D eigenvalue weighted by molar-refractivity contribution is 6.32. The Bertz CT molecular complexity index is 969. The van der Waals surface area contributed by atoms with Gasteiger partial charge in [0.2, 0.25) is 5.91 Å². The highest BCUT2D eigenvalue weighted by Gasteiger charge is 2.22. The van der Waals surface area contributed by atoms with Crippen molar-refractivity contribution in [2.75, 3.05) is 11.9 Å². The summed E-state index contributed by atoms with van der Waals surface area (Å²) in [5.74, 6) is -0.391. The Kier molecular flexibility index (Phi) is 9.05. The number of halogens is 2. The molecular formula is C24H31ClFN3O4. The van der Waals surface area contributed by atoms with E-state index in [9.17, 15) is 14.0 Å². The normalized spacial score (nSPS) is 12.3. The van der Waals surface area contributed by atoms with Crippen molar-refractivity contribution in [2.45, 2.75) is 59.6 Å². The van der Waals surface area contributed by atoms with Crippen LogP contribution in [-0.2, 0) is 9.53 Å². The lowest BCUT2D eigenvalue weighted by Crippen LogP contribution is -2.42. The van der Waals surface area contributed by atoms with Crippen LogP contribution in [0.2, 0.25) is 5.02 Å². The van der Waals surface area contributed by atoms with Crippen LogP contribution in [0.1, 0.15) is 48.0 Å². The van der Waals surface area contributed by atoms with E-state index in [2.05, 4.69) is 15.6 Å². The third kappa shape index (κ3) is 8.88. The van der Waals surface area contributed by atoms with Gasteiger partial charge in [0.05, 0.1) is 11.1 Å². The third-order valence-electron chi connectivity index (χ3n) is 4.30. The zero-order chi connectivity index (χ0) is 24.8. The maximum atomic E-state index is 14.9. The molecule has 33 heavy (non-hydrogen) atoms. The Morgan fingerprint density at radius 1 is 1.18 bits per heavy atom. The zero-order valence-electron chi connectivity index (χ0n) is 19.8. The SMILES string of the molecule is CC(=O)Nc1cc(-c2cc(F)c(OCC(CC(C)C)NC(=O)OC(C)(C)C)c(Cl)c2)ccn1. The molecule has 0 fully saturated rings. The molecule has 1 unspecified atom stereocenters. The minimum Gasteiger partial charge on any atom is -0.487 e. The summed E-state index contributed by atoms with van der Waals surface area (Å²) in [7, 11) is 0. The van der Waals surface area contributed by atoms with E-state index in [4.69, 9.17) is 21.1 Å². The van der Waals surface area contributed by atoms with E-state index in [1.807, 2.05) is 13.8 Å². The fourth-order valence-electron chi connectivity index (χ4n) is 3.12. The van der Waals surface area contributed by atoms with Gasteiger partial charge in [-0.25, -0.2) is 14.2 Å². The van der Waals surface area contributed by atoms with Crippen molar-refractivity contribution in [3.8, 4) is 16.9 Å². The van der Waals surface area contributed by atoms with Crippen LogP contribution in [0.3, 0.4) is 0 Å². The smallest absolute Gasteiger partial charge is 0.407 e. The predicted molar refractivity (Wildman–Crippen MR) is 127 cm³/mol. The lowest BCUT2D eigenvalue weighted by atomic mass is 10.0. The number of benzene rings is 1. The van der Waals surface area contributed by atoms with E-state index >= 15 is 0 Å². The molecule has 2 aromatic rings. The highest BCUT2D eigenvalue weighted by Crippen LogP contribution is 2.34. The number of anilines is 1. The number of hydrogen-bond donors (Lipinski definition) is 2. The van der Waals surface area contributed by atoms with Gasteiger partial charge in [-0.2, -0.15) is 0 Å². The van der Waals surface area contributed by atoms with Crippen LogP contribution in [0.15, 0.2) is 30.5 Å². The van der Waals surface area contributed by atoms with Crippen molar-refractivity contribution >= 4 is 29.4 Å².